The Bertz CT molecular complexity index is 700. The van der Waals surface area contributed by atoms with E-state index in [0.717, 1.165) is 11.1 Å². The second kappa shape index (κ2) is 8.15. The minimum absolute atomic E-state index is 0.188. The summed E-state index contributed by atoms with van der Waals surface area (Å²) >= 11 is 0. The Hall–Kier alpha value is -2.82. The smallest absolute Gasteiger partial charge is 0.305 e. The summed E-state index contributed by atoms with van der Waals surface area (Å²) in [6.45, 7) is 3.58. The molecular formula is C19H21NO4. The van der Waals surface area contributed by atoms with Crippen molar-refractivity contribution in [2.75, 3.05) is 0 Å². The van der Waals surface area contributed by atoms with Gasteiger partial charge in [-0.15, -0.1) is 0 Å². The van der Waals surface area contributed by atoms with E-state index in [0.29, 0.717) is 5.75 Å². The van der Waals surface area contributed by atoms with Gasteiger partial charge in [-0.1, -0.05) is 42.5 Å². The molecular weight excluding hydrogens is 306 g/mol. The molecule has 0 aliphatic carbocycles. The molecule has 0 spiro atoms. The molecule has 5 heteroatoms. The Balaban J connectivity index is 2.05. The number of amides is 1. The van der Waals surface area contributed by atoms with Crippen LogP contribution >= 0.6 is 0 Å². The van der Waals surface area contributed by atoms with Gasteiger partial charge >= 0.3 is 5.97 Å². The first-order chi connectivity index (χ1) is 11.5. The topological polar surface area (TPSA) is 75.6 Å². The summed E-state index contributed by atoms with van der Waals surface area (Å²) in [5.74, 6) is -0.727. The normalized spacial score (nSPS) is 12.9. The summed E-state index contributed by atoms with van der Waals surface area (Å²) in [5.41, 5.74) is 1.78. The number of carboxylic acid groups (broad SMARTS) is 1. The molecule has 126 valence electrons. The van der Waals surface area contributed by atoms with Crippen molar-refractivity contribution in [1.29, 1.82) is 0 Å². The summed E-state index contributed by atoms with van der Waals surface area (Å²) < 4.78 is 5.64. The Morgan fingerprint density at radius 2 is 1.83 bits per heavy atom. The number of nitrogens with one attached hydrogen (secondary N) is 1. The van der Waals surface area contributed by atoms with E-state index in [-0.39, 0.29) is 12.3 Å². The number of aliphatic carboxylic acids is 1. The molecule has 0 aliphatic heterocycles. The molecule has 2 N–H and O–H groups in total. The lowest BCUT2D eigenvalue weighted by atomic mass is 10.0. The van der Waals surface area contributed by atoms with E-state index < -0.39 is 18.1 Å². The van der Waals surface area contributed by atoms with Crippen LogP contribution in [0.25, 0.3) is 0 Å². The highest BCUT2D eigenvalue weighted by molar-refractivity contribution is 5.82. The van der Waals surface area contributed by atoms with Crippen molar-refractivity contribution in [1.82, 2.24) is 5.32 Å². The van der Waals surface area contributed by atoms with E-state index in [2.05, 4.69) is 5.32 Å². The number of ether oxygens (including phenoxy) is 1. The van der Waals surface area contributed by atoms with Crippen molar-refractivity contribution < 1.29 is 19.4 Å². The molecule has 0 fully saturated rings. The van der Waals surface area contributed by atoms with E-state index in [1.54, 1.807) is 25.1 Å². The lowest BCUT2D eigenvalue weighted by Gasteiger charge is -2.21. The van der Waals surface area contributed by atoms with E-state index >= 15 is 0 Å². The van der Waals surface area contributed by atoms with E-state index in [1.165, 1.54) is 0 Å². The molecule has 0 saturated carbocycles. The van der Waals surface area contributed by atoms with Crippen molar-refractivity contribution in [3.8, 4) is 5.75 Å². The van der Waals surface area contributed by atoms with Crippen LogP contribution in [0.4, 0.5) is 0 Å². The Morgan fingerprint density at radius 1 is 1.12 bits per heavy atom. The van der Waals surface area contributed by atoms with Gasteiger partial charge in [0.2, 0.25) is 0 Å². The summed E-state index contributed by atoms with van der Waals surface area (Å²) in [4.78, 5) is 23.4. The first kappa shape index (κ1) is 17.5. The maximum atomic E-state index is 12.4. The third-order valence-electron chi connectivity index (χ3n) is 3.57. The zero-order chi connectivity index (χ0) is 17.5. The van der Waals surface area contributed by atoms with Gasteiger partial charge in [0.25, 0.3) is 5.91 Å². The van der Waals surface area contributed by atoms with Gasteiger partial charge in [0, 0.05) is 0 Å². The van der Waals surface area contributed by atoms with Crippen molar-refractivity contribution >= 4 is 11.9 Å². The average molecular weight is 327 g/mol. The van der Waals surface area contributed by atoms with Crippen molar-refractivity contribution in [2.45, 2.75) is 32.4 Å². The minimum atomic E-state index is -0.976. The molecule has 2 aromatic carbocycles. The van der Waals surface area contributed by atoms with Crippen LogP contribution in [0, 0.1) is 6.92 Å². The van der Waals surface area contributed by atoms with E-state index in [4.69, 9.17) is 9.84 Å². The van der Waals surface area contributed by atoms with Crippen LogP contribution in [0.15, 0.2) is 54.6 Å². The van der Waals surface area contributed by atoms with Gasteiger partial charge in [-0.25, -0.2) is 0 Å². The highest BCUT2D eigenvalue weighted by Crippen LogP contribution is 2.18. The van der Waals surface area contributed by atoms with Gasteiger partial charge in [0.05, 0.1) is 12.5 Å². The quantitative estimate of drug-likeness (QED) is 0.819. The van der Waals surface area contributed by atoms with Gasteiger partial charge in [0.15, 0.2) is 6.10 Å². The van der Waals surface area contributed by atoms with Crippen molar-refractivity contribution in [3.63, 3.8) is 0 Å². The Kier molecular flexibility index (Phi) is 5.95. The molecule has 0 radical (unpaired) electrons. The molecule has 0 aromatic heterocycles. The summed E-state index contributed by atoms with van der Waals surface area (Å²) in [6, 6.07) is 15.9. The standard InChI is InChI=1S/C19H21NO4/c1-13-7-6-10-16(11-13)24-14(2)19(23)20-17(12-18(21)22)15-8-4-3-5-9-15/h3-11,14,17H,12H2,1-2H3,(H,20,23)(H,21,22). The van der Waals surface area contributed by atoms with Crippen molar-refractivity contribution in [2.24, 2.45) is 0 Å². The molecule has 2 aromatic rings. The second-order valence-corrected chi connectivity index (χ2v) is 5.65. The minimum Gasteiger partial charge on any atom is -0.481 e. The number of aryl methyl sites for hydroxylation is 1. The molecule has 2 atom stereocenters. The summed E-state index contributed by atoms with van der Waals surface area (Å²) in [7, 11) is 0. The molecule has 0 saturated heterocycles. The van der Waals surface area contributed by atoms with Crippen LogP contribution in [0.1, 0.15) is 30.5 Å². The molecule has 0 heterocycles. The number of benzene rings is 2. The second-order valence-electron chi connectivity index (χ2n) is 5.65. The maximum absolute atomic E-state index is 12.4. The van der Waals surface area contributed by atoms with Gasteiger partial charge in [-0.05, 0) is 37.1 Å². The van der Waals surface area contributed by atoms with E-state index in [9.17, 15) is 9.59 Å². The van der Waals surface area contributed by atoms with Crippen LogP contribution in [0.3, 0.4) is 0 Å². The zero-order valence-corrected chi connectivity index (χ0v) is 13.7. The number of hydrogen-bond donors (Lipinski definition) is 2. The predicted molar refractivity (Wildman–Crippen MR) is 90.8 cm³/mol. The number of rotatable bonds is 7. The number of carbonyl (C=O) groups excluding carboxylic acids is 1. The first-order valence-electron chi connectivity index (χ1n) is 7.76. The van der Waals surface area contributed by atoms with Crippen LogP contribution in [0.5, 0.6) is 5.75 Å². The fourth-order valence-electron chi connectivity index (χ4n) is 2.35. The largest absolute Gasteiger partial charge is 0.481 e. The Labute approximate surface area is 141 Å². The maximum Gasteiger partial charge on any atom is 0.305 e. The predicted octanol–water partition coefficient (Wildman–Crippen LogP) is 3.09. The average Bonchev–Trinajstić information content (AvgIpc) is 2.54. The van der Waals surface area contributed by atoms with Gasteiger partial charge in [-0.2, -0.15) is 0 Å². The molecule has 2 rings (SSSR count). The number of carbonyl (C=O) groups is 2. The van der Waals surface area contributed by atoms with Crippen LogP contribution < -0.4 is 10.1 Å². The monoisotopic (exact) mass is 327 g/mol. The highest BCUT2D eigenvalue weighted by Gasteiger charge is 2.22. The lowest BCUT2D eigenvalue weighted by Crippen LogP contribution is -2.39. The first-order valence-corrected chi connectivity index (χ1v) is 7.76. The SMILES string of the molecule is Cc1cccc(OC(C)C(=O)NC(CC(=O)O)c2ccccc2)c1. The highest BCUT2D eigenvalue weighted by atomic mass is 16.5. The summed E-state index contributed by atoms with van der Waals surface area (Å²) in [5, 5.41) is 11.8. The fourth-order valence-corrected chi connectivity index (χ4v) is 2.35. The van der Waals surface area contributed by atoms with Gasteiger partial charge < -0.3 is 15.2 Å². The molecule has 24 heavy (non-hydrogen) atoms. The van der Waals surface area contributed by atoms with E-state index in [1.807, 2.05) is 43.3 Å². The summed E-state index contributed by atoms with van der Waals surface area (Å²) in [6.07, 6.45) is -0.917. The zero-order valence-electron chi connectivity index (χ0n) is 13.7. The lowest BCUT2D eigenvalue weighted by molar-refractivity contribution is -0.138. The number of hydrogen-bond acceptors (Lipinski definition) is 3. The van der Waals surface area contributed by atoms with Crippen LogP contribution in [0.2, 0.25) is 0 Å². The molecule has 0 aliphatic rings. The van der Waals surface area contributed by atoms with Gasteiger partial charge in [-0.3, -0.25) is 9.59 Å². The van der Waals surface area contributed by atoms with Crippen LogP contribution in [-0.4, -0.2) is 23.1 Å². The molecule has 0 bridgehead atoms. The molecule has 1 amide bonds. The van der Waals surface area contributed by atoms with Crippen molar-refractivity contribution in [3.05, 3.63) is 65.7 Å². The molecule has 5 nitrogen and oxygen atoms in total. The fraction of sp³-hybridized carbons (Fsp3) is 0.263. The van der Waals surface area contributed by atoms with Crippen LogP contribution in [-0.2, 0) is 9.59 Å². The number of carboxylic acids is 1. The molecule has 2 unspecified atom stereocenters. The third kappa shape index (κ3) is 5.12. The van der Waals surface area contributed by atoms with Gasteiger partial charge in [0.1, 0.15) is 5.75 Å². The third-order valence-corrected chi connectivity index (χ3v) is 3.57. The Morgan fingerprint density at radius 3 is 2.46 bits per heavy atom.